The molecule has 0 aliphatic rings. The standard InChI is InChI=1S/C21H43NO4S.Na/c1-3-4-5-6-7-8-9-10-11-12-13-14-15-16-17-18-21(23)22(2)19-20-27(24,25)26;/h3-20H2,1-2H3,(H,24,25,26);/q;+1. The van der Waals surface area contributed by atoms with Crippen molar-refractivity contribution in [2.24, 2.45) is 0 Å². The first-order chi connectivity index (χ1) is 12.9. The SMILES string of the molecule is CCCCCCCCCCCCCCCCCC(=O)N(C)CCS(=O)(=O)O.[Na+]. The molecule has 1 N–H and O–H groups in total. The molecule has 0 atom stereocenters. The van der Waals surface area contributed by atoms with Crippen molar-refractivity contribution >= 4 is 16.0 Å². The van der Waals surface area contributed by atoms with E-state index < -0.39 is 15.9 Å². The number of rotatable bonds is 19. The minimum absolute atomic E-state index is 0. The number of nitrogens with zero attached hydrogens (tertiary/aromatic N) is 1. The first-order valence-electron chi connectivity index (χ1n) is 11.1. The molecule has 0 unspecified atom stereocenters. The molecule has 0 aliphatic heterocycles. The molecule has 0 bridgehead atoms. The summed E-state index contributed by atoms with van der Waals surface area (Å²) in [6, 6.07) is 0. The molecule has 0 radical (unpaired) electrons. The van der Waals surface area contributed by atoms with E-state index in [1.54, 1.807) is 7.05 Å². The molecule has 0 heterocycles. The van der Waals surface area contributed by atoms with Crippen LogP contribution in [-0.2, 0) is 14.9 Å². The Bertz CT molecular complexity index is 457. The minimum atomic E-state index is -4.00. The van der Waals surface area contributed by atoms with Gasteiger partial charge in [-0.05, 0) is 6.42 Å². The van der Waals surface area contributed by atoms with E-state index in [0.717, 1.165) is 12.8 Å². The molecule has 28 heavy (non-hydrogen) atoms. The molecule has 5 nitrogen and oxygen atoms in total. The fraction of sp³-hybridized carbons (Fsp3) is 0.952. The number of hydrogen-bond donors (Lipinski definition) is 1. The Balaban J connectivity index is 0. The van der Waals surface area contributed by atoms with Gasteiger partial charge in [0.2, 0.25) is 5.91 Å². The van der Waals surface area contributed by atoms with E-state index in [1.807, 2.05) is 0 Å². The molecule has 0 aromatic rings. The molecule has 0 fully saturated rings. The van der Waals surface area contributed by atoms with Crippen molar-refractivity contribution in [2.75, 3.05) is 19.3 Å². The Morgan fingerprint density at radius 2 is 1.11 bits per heavy atom. The normalized spacial score (nSPS) is 11.2. The summed E-state index contributed by atoms with van der Waals surface area (Å²) in [6.45, 7) is 2.31. The van der Waals surface area contributed by atoms with Crippen molar-refractivity contribution in [3.63, 3.8) is 0 Å². The number of hydrogen-bond acceptors (Lipinski definition) is 3. The van der Waals surface area contributed by atoms with E-state index in [0.29, 0.717) is 6.42 Å². The van der Waals surface area contributed by atoms with Crippen LogP contribution in [0.2, 0.25) is 0 Å². The van der Waals surface area contributed by atoms with E-state index in [9.17, 15) is 13.2 Å². The van der Waals surface area contributed by atoms with Crippen LogP contribution in [0.15, 0.2) is 0 Å². The molecule has 1 amide bonds. The zero-order chi connectivity index (χ0) is 20.4. The topological polar surface area (TPSA) is 74.7 Å². The summed E-state index contributed by atoms with van der Waals surface area (Å²) in [6.07, 6.45) is 19.8. The van der Waals surface area contributed by atoms with Crippen molar-refractivity contribution < 1.29 is 47.3 Å². The number of carbonyl (C=O) groups excluding carboxylic acids is 1. The molecular formula is C21H43NNaO4S+. The largest absolute Gasteiger partial charge is 1.00 e. The molecule has 0 aliphatic carbocycles. The smallest absolute Gasteiger partial charge is 0.345 e. The average Bonchev–Trinajstić information content (AvgIpc) is 2.62. The van der Waals surface area contributed by atoms with E-state index in [4.69, 9.17) is 4.55 Å². The van der Waals surface area contributed by atoms with Crippen LogP contribution in [0.25, 0.3) is 0 Å². The second-order valence-corrected chi connectivity index (χ2v) is 9.37. The number of unbranched alkanes of at least 4 members (excludes halogenated alkanes) is 14. The van der Waals surface area contributed by atoms with Gasteiger partial charge in [0.1, 0.15) is 0 Å². The van der Waals surface area contributed by atoms with Crippen LogP contribution < -0.4 is 29.6 Å². The molecule has 162 valence electrons. The summed E-state index contributed by atoms with van der Waals surface area (Å²) in [4.78, 5) is 13.2. The van der Waals surface area contributed by atoms with Crippen molar-refractivity contribution in [1.82, 2.24) is 4.90 Å². The van der Waals surface area contributed by atoms with Gasteiger partial charge in [0.25, 0.3) is 10.1 Å². The van der Waals surface area contributed by atoms with Gasteiger partial charge in [0.05, 0.1) is 5.75 Å². The Labute approximate surface area is 196 Å². The second-order valence-electron chi connectivity index (χ2n) is 7.80. The third-order valence-corrected chi connectivity index (χ3v) is 5.80. The molecular weight excluding hydrogens is 385 g/mol. The summed E-state index contributed by atoms with van der Waals surface area (Å²) >= 11 is 0. The molecule has 0 saturated carbocycles. The Hall–Kier alpha value is 0.380. The quantitative estimate of drug-likeness (QED) is 0.195. The van der Waals surface area contributed by atoms with Crippen molar-refractivity contribution in [3.05, 3.63) is 0 Å². The monoisotopic (exact) mass is 428 g/mol. The summed E-state index contributed by atoms with van der Waals surface area (Å²) in [5.41, 5.74) is 0. The van der Waals surface area contributed by atoms with Gasteiger partial charge >= 0.3 is 29.6 Å². The molecule has 7 heteroatoms. The van der Waals surface area contributed by atoms with Crippen molar-refractivity contribution in [1.29, 1.82) is 0 Å². The van der Waals surface area contributed by atoms with E-state index in [1.165, 1.54) is 88.4 Å². The Morgan fingerprint density at radius 1 is 0.750 bits per heavy atom. The molecule has 0 aromatic heterocycles. The summed E-state index contributed by atoms with van der Waals surface area (Å²) < 4.78 is 30.1. The van der Waals surface area contributed by atoms with Crippen LogP contribution in [0.1, 0.15) is 110 Å². The average molecular weight is 429 g/mol. The zero-order valence-electron chi connectivity index (χ0n) is 18.8. The fourth-order valence-electron chi connectivity index (χ4n) is 3.22. The van der Waals surface area contributed by atoms with Crippen LogP contribution in [0.5, 0.6) is 0 Å². The van der Waals surface area contributed by atoms with Crippen molar-refractivity contribution in [3.8, 4) is 0 Å². The first kappa shape index (κ1) is 30.6. The predicted octanol–water partition coefficient (Wildman–Crippen LogP) is 2.60. The van der Waals surface area contributed by atoms with Crippen LogP contribution in [-0.4, -0.2) is 43.1 Å². The van der Waals surface area contributed by atoms with Gasteiger partial charge in [0.15, 0.2) is 0 Å². The summed E-state index contributed by atoms with van der Waals surface area (Å²) in [5.74, 6) is -0.443. The third kappa shape index (κ3) is 22.7. The zero-order valence-corrected chi connectivity index (χ0v) is 21.6. The van der Waals surface area contributed by atoms with Gasteiger partial charge < -0.3 is 4.90 Å². The van der Waals surface area contributed by atoms with Gasteiger partial charge in [-0.1, -0.05) is 96.8 Å². The van der Waals surface area contributed by atoms with Gasteiger partial charge in [-0.2, -0.15) is 8.42 Å². The van der Waals surface area contributed by atoms with Gasteiger partial charge in [-0.3, -0.25) is 9.35 Å². The molecule has 0 aromatic carbocycles. The Morgan fingerprint density at radius 3 is 1.46 bits per heavy atom. The second kappa shape index (κ2) is 20.6. The van der Waals surface area contributed by atoms with Crippen LogP contribution in [0.3, 0.4) is 0 Å². The maximum Gasteiger partial charge on any atom is 1.00 e. The van der Waals surface area contributed by atoms with E-state index in [-0.39, 0.29) is 42.0 Å². The first-order valence-corrected chi connectivity index (χ1v) is 12.7. The van der Waals surface area contributed by atoms with Crippen LogP contribution in [0, 0.1) is 0 Å². The summed E-state index contributed by atoms with van der Waals surface area (Å²) in [7, 11) is -2.42. The minimum Gasteiger partial charge on any atom is -0.345 e. The molecule has 0 saturated heterocycles. The van der Waals surface area contributed by atoms with Crippen molar-refractivity contribution in [2.45, 2.75) is 110 Å². The Kier molecular flexibility index (Phi) is 22.5. The van der Waals surface area contributed by atoms with Gasteiger partial charge in [0, 0.05) is 20.0 Å². The maximum absolute atomic E-state index is 11.8. The number of amides is 1. The van der Waals surface area contributed by atoms with Gasteiger partial charge in [-0.25, -0.2) is 0 Å². The summed E-state index contributed by atoms with van der Waals surface area (Å²) in [5, 5.41) is 0. The molecule has 0 spiro atoms. The third-order valence-electron chi connectivity index (χ3n) is 5.10. The maximum atomic E-state index is 11.8. The van der Waals surface area contributed by atoms with Gasteiger partial charge in [-0.15, -0.1) is 0 Å². The van der Waals surface area contributed by atoms with E-state index in [2.05, 4.69) is 6.92 Å². The number of carbonyl (C=O) groups is 1. The fourth-order valence-corrected chi connectivity index (χ4v) is 3.72. The van der Waals surface area contributed by atoms with Crippen LogP contribution >= 0.6 is 0 Å². The predicted molar refractivity (Wildman–Crippen MR) is 114 cm³/mol. The van der Waals surface area contributed by atoms with Crippen LogP contribution in [0.4, 0.5) is 0 Å². The van der Waals surface area contributed by atoms with E-state index >= 15 is 0 Å². The molecule has 0 rings (SSSR count).